The van der Waals surface area contributed by atoms with Gasteiger partial charge in [0.15, 0.2) is 5.76 Å². The fourth-order valence-corrected chi connectivity index (χ4v) is 3.90. The maximum absolute atomic E-state index is 12.7. The van der Waals surface area contributed by atoms with Crippen molar-refractivity contribution in [1.82, 2.24) is 14.7 Å². The van der Waals surface area contributed by atoms with E-state index in [9.17, 15) is 4.79 Å². The molecule has 0 aromatic carbocycles. The lowest BCUT2D eigenvalue weighted by Crippen LogP contribution is -2.32. The molecule has 2 aromatic heterocycles. The summed E-state index contributed by atoms with van der Waals surface area (Å²) in [5.41, 5.74) is 0.914. The first-order valence-corrected chi connectivity index (χ1v) is 10.2. The molecule has 4 rings (SSSR count). The standard InChI is InChI=1S/C21H30N4O2/c1-14-8-10-24(11-9-14)13-18-6-7-19(27-18)21(26)22-20-12-15(2)23-25(20)16(3)17-4-5-17/h6-7,12,14,16-17H,4-5,8-11,13H2,1-3H3,(H,22,26). The molecule has 1 N–H and O–H groups in total. The molecule has 1 saturated heterocycles. The number of likely N-dealkylation sites (tertiary alicyclic amines) is 1. The van der Waals surface area contributed by atoms with Gasteiger partial charge in [0.2, 0.25) is 0 Å². The van der Waals surface area contributed by atoms with Crippen LogP contribution in [0, 0.1) is 18.8 Å². The van der Waals surface area contributed by atoms with Crippen molar-refractivity contribution >= 4 is 11.7 Å². The van der Waals surface area contributed by atoms with Crippen LogP contribution in [0.5, 0.6) is 0 Å². The highest BCUT2D eigenvalue weighted by molar-refractivity contribution is 6.01. The Labute approximate surface area is 160 Å². The Kier molecular flexibility index (Phi) is 5.08. The third-order valence-corrected chi connectivity index (χ3v) is 5.93. The number of aryl methyl sites for hydroxylation is 1. The number of anilines is 1. The molecule has 0 bridgehead atoms. The van der Waals surface area contributed by atoms with Crippen LogP contribution in [0.15, 0.2) is 22.6 Å². The largest absolute Gasteiger partial charge is 0.455 e. The summed E-state index contributed by atoms with van der Waals surface area (Å²) in [5.74, 6) is 3.23. The molecule has 2 fully saturated rings. The highest BCUT2D eigenvalue weighted by Crippen LogP contribution is 2.40. The highest BCUT2D eigenvalue weighted by atomic mass is 16.4. The Hall–Kier alpha value is -2.08. The van der Waals surface area contributed by atoms with Gasteiger partial charge in [-0.1, -0.05) is 6.92 Å². The average molecular weight is 370 g/mol. The number of furan rings is 1. The summed E-state index contributed by atoms with van der Waals surface area (Å²) in [6.45, 7) is 9.40. The number of carbonyl (C=O) groups excluding carboxylic acids is 1. The molecular formula is C21H30N4O2. The first kappa shape index (κ1) is 18.3. The molecule has 0 spiro atoms. The van der Waals surface area contributed by atoms with Crippen molar-refractivity contribution in [3.05, 3.63) is 35.4 Å². The molecule has 3 heterocycles. The van der Waals surface area contributed by atoms with Crippen molar-refractivity contribution in [2.24, 2.45) is 11.8 Å². The van der Waals surface area contributed by atoms with E-state index in [0.717, 1.165) is 42.8 Å². The van der Waals surface area contributed by atoms with Crippen LogP contribution in [0.1, 0.15) is 67.6 Å². The van der Waals surface area contributed by atoms with Gasteiger partial charge in [0.05, 0.1) is 18.3 Å². The van der Waals surface area contributed by atoms with Crippen LogP contribution in [-0.4, -0.2) is 33.7 Å². The van der Waals surface area contributed by atoms with Crippen molar-refractivity contribution in [2.75, 3.05) is 18.4 Å². The molecule has 1 aliphatic heterocycles. The van der Waals surface area contributed by atoms with E-state index in [4.69, 9.17) is 4.42 Å². The monoisotopic (exact) mass is 370 g/mol. The summed E-state index contributed by atoms with van der Waals surface area (Å²) in [4.78, 5) is 15.1. The Bertz CT molecular complexity index is 797. The predicted molar refractivity (Wildman–Crippen MR) is 105 cm³/mol. The zero-order chi connectivity index (χ0) is 19.0. The van der Waals surface area contributed by atoms with Crippen molar-refractivity contribution in [1.29, 1.82) is 0 Å². The van der Waals surface area contributed by atoms with Gasteiger partial charge in [-0.15, -0.1) is 0 Å². The molecule has 1 unspecified atom stereocenters. The second-order valence-corrected chi connectivity index (χ2v) is 8.37. The van der Waals surface area contributed by atoms with Gasteiger partial charge in [0.25, 0.3) is 5.91 Å². The van der Waals surface area contributed by atoms with Gasteiger partial charge in [-0.25, -0.2) is 4.68 Å². The molecule has 1 aliphatic carbocycles. The number of hydrogen-bond donors (Lipinski definition) is 1. The normalized spacial score (nSPS) is 20.0. The van der Waals surface area contributed by atoms with Gasteiger partial charge < -0.3 is 9.73 Å². The number of aromatic nitrogens is 2. The molecule has 1 saturated carbocycles. The fourth-order valence-electron chi connectivity index (χ4n) is 3.90. The molecule has 0 radical (unpaired) electrons. The number of amides is 1. The molecule has 1 atom stereocenters. The number of carbonyl (C=O) groups is 1. The van der Waals surface area contributed by atoms with E-state index in [1.165, 1.54) is 25.7 Å². The van der Waals surface area contributed by atoms with Crippen molar-refractivity contribution < 1.29 is 9.21 Å². The van der Waals surface area contributed by atoms with E-state index in [1.807, 2.05) is 23.7 Å². The molecule has 1 amide bonds. The SMILES string of the molecule is Cc1cc(NC(=O)c2ccc(CN3CCC(C)CC3)o2)n(C(C)C2CC2)n1. The average Bonchev–Trinajstić information content (AvgIpc) is 3.28. The third kappa shape index (κ3) is 4.26. The number of rotatable bonds is 6. The molecule has 27 heavy (non-hydrogen) atoms. The minimum Gasteiger partial charge on any atom is -0.455 e. The number of nitrogens with one attached hydrogen (secondary N) is 1. The van der Waals surface area contributed by atoms with Gasteiger partial charge >= 0.3 is 0 Å². The van der Waals surface area contributed by atoms with Crippen LogP contribution in [0.4, 0.5) is 5.82 Å². The molecule has 2 aromatic rings. The lowest BCUT2D eigenvalue weighted by molar-refractivity contribution is 0.0990. The summed E-state index contributed by atoms with van der Waals surface area (Å²) in [6.07, 6.45) is 4.95. The third-order valence-electron chi connectivity index (χ3n) is 5.93. The second kappa shape index (κ2) is 7.50. The highest BCUT2D eigenvalue weighted by Gasteiger charge is 2.31. The van der Waals surface area contributed by atoms with Crippen LogP contribution < -0.4 is 5.32 Å². The first-order chi connectivity index (χ1) is 13.0. The summed E-state index contributed by atoms with van der Waals surface area (Å²) in [7, 11) is 0. The predicted octanol–water partition coefficient (Wildman–Crippen LogP) is 4.24. The number of nitrogens with zero attached hydrogens (tertiary/aromatic N) is 3. The maximum atomic E-state index is 12.7. The number of hydrogen-bond acceptors (Lipinski definition) is 4. The van der Waals surface area contributed by atoms with Crippen LogP contribution in [0.25, 0.3) is 0 Å². The fraction of sp³-hybridized carbons (Fsp3) is 0.619. The zero-order valence-corrected chi connectivity index (χ0v) is 16.6. The Balaban J connectivity index is 1.40. The summed E-state index contributed by atoms with van der Waals surface area (Å²) < 4.78 is 7.78. The van der Waals surface area contributed by atoms with Crippen molar-refractivity contribution in [3.8, 4) is 0 Å². The molecule has 146 valence electrons. The summed E-state index contributed by atoms with van der Waals surface area (Å²) in [5, 5.41) is 7.56. The summed E-state index contributed by atoms with van der Waals surface area (Å²) >= 11 is 0. The minimum atomic E-state index is -0.210. The van der Waals surface area contributed by atoms with Crippen LogP contribution in [0.2, 0.25) is 0 Å². The quantitative estimate of drug-likeness (QED) is 0.826. The van der Waals surface area contributed by atoms with Gasteiger partial charge in [-0.2, -0.15) is 5.10 Å². The van der Waals surface area contributed by atoms with E-state index in [0.29, 0.717) is 17.7 Å². The molecule has 2 aliphatic rings. The van der Waals surface area contributed by atoms with Gasteiger partial charge in [0.1, 0.15) is 11.6 Å². The Morgan fingerprint density at radius 1 is 1.30 bits per heavy atom. The van der Waals surface area contributed by atoms with Crippen LogP contribution in [-0.2, 0) is 6.54 Å². The van der Waals surface area contributed by atoms with Gasteiger partial charge in [0, 0.05) is 6.07 Å². The molecule has 6 heteroatoms. The van der Waals surface area contributed by atoms with Gasteiger partial charge in [-0.05, 0) is 76.6 Å². The molecular weight excluding hydrogens is 340 g/mol. The second-order valence-electron chi connectivity index (χ2n) is 8.37. The van der Waals surface area contributed by atoms with Crippen molar-refractivity contribution in [2.45, 2.75) is 59.0 Å². The number of piperidine rings is 1. The zero-order valence-electron chi connectivity index (χ0n) is 16.6. The lowest BCUT2D eigenvalue weighted by Gasteiger charge is -2.29. The smallest absolute Gasteiger partial charge is 0.292 e. The first-order valence-electron chi connectivity index (χ1n) is 10.2. The van der Waals surface area contributed by atoms with E-state index in [2.05, 4.69) is 29.2 Å². The van der Waals surface area contributed by atoms with E-state index in [1.54, 1.807) is 6.07 Å². The Morgan fingerprint density at radius 2 is 2.04 bits per heavy atom. The minimum absolute atomic E-state index is 0.210. The van der Waals surface area contributed by atoms with Crippen LogP contribution >= 0.6 is 0 Å². The Morgan fingerprint density at radius 3 is 2.74 bits per heavy atom. The van der Waals surface area contributed by atoms with E-state index < -0.39 is 0 Å². The topological polar surface area (TPSA) is 63.3 Å². The van der Waals surface area contributed by atoms with Crippen LogP contribution in [0.3, 0.4) is 0 Å². The maximum Gasteiger partial charge on any atom is 0.292 e. The molecule has 6 nitrogen and oxygen atoms in total. The summed E-state index contributed by atoms with van der Waals surface area (Å²) in [6, 6.07) is 5.93. The van der Waals surface area contributed by atoms with E-state index >= 15 is 0 Å². The lowest BCUT2D eigenvalue weighted by atomic mass is 9.99. The van der Waals surface area contributed by atoms with Crippen molar-refractivity contribution in [3.63, 3.8) is 0 Å². The van der Waals surface area contributed by atoms with E-state index in [-0.39, 0.29) is 5.91 Å². The van der Waals surface area contributed by atoms with Gasteiger partial charge in [-0.3, -0.25) is 9.69 Å².